The minimum Gasteiger partial charge on any atom is -0.343 e. The average Bonchev–Trinajstić information content (AvgIpc) is 3.40. The van der Waals surface area contributed by atoms with Crippen LogP contribution in [0.4, 0.5) is 4.39 Å². The van der Waals surface area contributed by atoms with E-state index in [2.05, 4.69) is 10.3 Å². The van der Waals surface area contributed by atoms with E-state index in [-0.39, 0.29) is 36.0 Å². The fraction of sp³-hybridized carbons (Fsp3) is 0.526. The maximum absolute atomic E-state index is 14.2. The monoisotopic (exact) mass is 421 g/mol. The minimum atomic E-state index is -3.83. The summed E-state index contributed by atoms with van der Waals surface area (Å²) in [5.41, 5.74) is 2.41. The quantitative estimate of drug-likeness (QED) is 0.726. The van der Waals surface area contributed by atoms with Crippen LogP contribution in [0.3, 0.4) is 0 Å². The minimum absolute atomic E-state index is 0.0843. The Morgan fingerprint density at radius 2 is 2.03 bits per heavy atom. The van der Waals surface area contributed by atoms with Crippen LogP contribution in [0.1, 0.15) is 34.5 Å². The van der Waals surface area contributed by atoms with Crippen LogP contribution >= 0.6 is 0 Å². The van der Waals surface area contributed by atoms with Gasteiger partial charge in [-0.2, -0.15) is 4.31 Å². The molecule has 1 aromatic carbocycles. The van der Waals surface area contributed by atoms with Crippen molar-refractivity contribution in [2.24, 2.45) is 0 Å². The van der Waals surface area contributed by atoms with Crippen LogP contribution in [0.15, 0.2) is 29.3 Å². The molecule has 0 spiro atoms. The largest absolute Gasteiger partial charge is 0.343 e. The van der Waals surface area contributed by atoms with Gasteiger partial charge in [0.05, 0.1) is 17.6 Å². The number of carbonyl (C=O) groups is 1. The highest BCUT2D eigenvalue weighted by atomic mass is 32.2. The molecule has 2 heterocycles. The predicted octanol–water partition coefficient (Wildman–Crippen LogP) is 1.27. The average molecular weight is 421 g/mol. The van der Waals surface area contributed by atoms with E-state index in [1.165, 1.54) is 25.6 Å². The molecular weight excluding hydrogens is 397 g/mol. The molecule has 0 N–H and O–H groups in total. The van der Waals surface area contributed by atoms with Gasteiger partial charge in [-0.3, -0.25) is 9.48 Å². The summed E-state index contributed by atoms with van der Waals surface area (Å²) in [5, 5.41) is 7.76. The molecule has 1 fully saturated rings. The Balaban J connectivity index is 1.57. The molecular formula is C19H24FN5O3S. The van der Waals surface area contributed by atoms with Crippen LogP contribution < -0.4 is 0 Å². The van der Waals surface area contributed by atoms with E-state index in [0.717, 1.165) is 24.8 Å². The van der Waals surface area contributed by atoms with Crippen molar-refractivity contribution in [3.63, 3.8) is 0 Å². The topological polar surface area (TPSA) is 88.4 Å². The molecule has 10 heteroatoms. The van der Waals surface area contributed by atoms with Crippen molar-refractivity contribution in [1.82, 2.24) is 24.2 Å². The highest BCUT2D eigenvalue weighted by Crippen LogP contribution is 2.31. The van der Waals surface area contributed by atoms with Gasteiger partial charge < -0.3 is 4.90 Å². The Morgan fingerprint density at radius 1 is 1.28 bits per heavy atom. The lowest BCUT2D eigenvalue weighted by Gasteiger charge is -2.23. The maximum Gasteiger partial charge on any atom is 0.275 e. The molecule has 2 atom stereocenters. The van der Waals surface area contributed by atoms with E-state index in [0.29, 0.717) is 0 Å². The molecule has 8 nitrogen and oxygen atoms in total. The zero-order valence-corrected chi connectivity index (χ0v) is 17.3. The van der Waals surface area contributed by atoms with E-state index in [4.69, 9.17) is 0 Å². The van der Waals surface area contributed by atoms with Gasteiger partial charge in [0, 0.05) is 26.7 Å². The van der Waals surface area contributed by atoms with E-state index in [9.17, 15) is 17.6 Å². The molecule has 1 aliphatic carbocycles. The fourth-order valence-electron chi connectivity index (χ4n) is 4.07. The normalized spacial score (nSPS) is 22.0. The second-order valence-corrected chi connectivity index (χ2v) is 9.76. The van der Waals surface area contributed by atoms with Crippen molar-refractivity contribution in [2.45, 2.75) is 49.3 Å². The second kappa shape index (κ2) is 7.49. The summed E-state index contributed by atoms with van der Waals surface area (Å²) in [6, 6.07) is 4.62. The number of rotatable bonds is 5. The van der Waals surface area contributed by atoms with Crippen molar-refractivity contribution in [1.29, 1.82) is 0 Å². The molecule has 2 aliphatic rings. The van der Waals surface area contributed by atoms with Crippen molar-refractivity contribution < 1.29 is 17.6 Å². The van der Waals surface area contributed by atoms with Crippen LogP contribution in [0, 0.1) is 0 Å². The Bertz CT molecular complexity index is 1040. The number of alkyl halides is 1. The number of fused-ring (bicyclic) bond motifs is 1. The van der Waals surface area contributed by atoms with Crippen LogP contribution in [0.25, 0.3) is 0 Å². The first-order valence-corrected chi connectivity index (χ1v) is 11.1. The van der Waals surface area contributed by atoms with E-state index in [1.54, 1.807) is 26.2 Å². The number of aromatic nitrogens is 3. The third-order valence-corrected chi connectivity index (χ3v) is 7.47. The van der Waals surface area contributed by atoms with Gasteiger partial charge in [0.25, 0.3) is 5.91 Å². The number of nitrogens with zero attached hydrogens (tertiary/aromatic N) is 5. The van der Waals surface area contributed by atoms with E-state index >= 15 is 0 Å². The first kappa shape index (κ1) is 20.0. The van der Waals surface area contributed by atoms with Gasteiger partial charge in [0.2, 0.25) is 10.0 Å². The number of halogens is 1. The molecule has 1 saturated heterocycles. The van der Waals surface area contributed by atoms with Gasteiger partial charge in [0.1, 0.15) is 6.17 Å². The zero-order chi connectivity index (χ0) is 20.8. The van der Waals surface area contributed by atoms with Gasteiger partial charge in [-0.15, -0.1) is 5.10 Å². The van der Waals surface area contributed by atoms with Gasteiger partial charge in [-0.25, -0.2) is 12.8 Å². The Labute approximate surface area is 169 Å². The first-order valence-electron chi connectivity index (χ1n) is 9.65. The van der Waals surface area contributed by atoms with Crippen LogP contribution in [-0.2, 0) is 29.4 Å². The Morgan fingerprint density at radius 3 is 2.79 bits per heavy atom. The van der Waals surface area contributed by atoms with Crippen molar-refractivity contribution in [3.8, 4) is 0 Å². The zero-order valence-electron chi connectivity index (χ0n) is 16.5. The molecule has 156 valence electrons. The second-order valence-electron chi connectivity index (χ2n) is 7.87. The number of hydrogen-bond acceptors (Lipinski definition) is 5. The molecule has 0 bridgehead atoms. The van der Waals surface area contributed by atoms with Gasteiger partial charge in [0.15, 0.2) is 5.69 Å². The van der Waals surface area contributed by atoms with Gasteiger partial charge >= 0.3 is 0 Å². The van der Waals surface area contributed by atoms with Crippen LogP contribution in [-0.4, -0.2) is 71.4 Å². The smallest absolute Gasteiger partial charge is 0.275 e. The summed E-state index contributed by atoms with van der Waals surface area (Å²) in [4.78, 5) is 13.6. The third-order valence-electron chi connectivity index (χ3n) is 5.55. The highest BCUT2D eigenvalue weighted by Gasteiger charge is 2.41. The number of aryl methyl sites for hydroxylation is 2. The highest BCUT2D eigenvalue weighted by molar-refractivity contribution is 7.89. The van der Waals surface area contributed by atoms with Crippen molar-refractivity contribution in [2.75, 3.05) is 20.6 Å². The Kier molecular flexibility index (Phi) is 5.16. The number of sulfonamides is 1. The lowest BCUT2D eigenvalue weighted by Crippen LogP contribution is -2.38. The lowest BCUT2D eigenvalue weighted by atomic mass is 10.1. The van der Waals surface area contributed by atoms with Gasteiger partial charge in [-0.1, -0.05) is 11.3 Å². The van der Waals surface area contributed by atoms with Crippen molar-refractivity contribution in [3.05, 3.63) is 41.2 Å². The molecule has 1 amide bonds. The molecule has 0 saturated carbocycles. The number of hydrogen-bond donors (Lipinski definition) is 0. The predicted molar refractivity (Wildman–Crippen MR) is 104 cm³/mol. The molecule has 2 unspecified atom stereocenters. The molecule has 2 aromatic rings. The standard InChI is InChI=1S/C19H24FN5O3S/c1-23(2)19(26)18-12-24(22-21-18)11-16-9-15(20)10-25(16)29(27,28)17-7-6-13-4-3-5-14(13)8-17/h6-8,12,15-16H,3-5,9-11H2,1-2H3. The van der Waals surface area contributed by atoms with Crippen LogP contribution in [0.5, 0.6) is 0 Å². The summed E-state index contributed by atoms with van der Waals surface area (Å²) < 4.78 is 43.3. The van der Waals surface area contributed by atoms with Gasteiger partial charge in [-0.05, 0) is 48.9 Å². The van der Waals surface area contributed by atoms with E-state index in [1.807, 2.05) is 6.07 Å². The van der Waals surface area contributed by atoms with E-state index < -0.39 is 22.2 Å². The molecule has 1 aliphatic heterocycles. The maximum atomic E-state index is 14.2. The fourth-order valence-corrected chi connectivity index (χ4v) is 5.77. The Hall–Kier alpha value is -2.33. The number of carbonyl (C=O) groups excluding carboxylic acids is 1. The molecule has 4 rings (SSSR count). The number of amides is 1. The van der Waals surface area contributed by atoms with Crippen LogP contribution in [0.2, 0.25) is 0 Å². The third kappa shape index (κ3) is 3.78. The summed E-state index contributed by atoms with van der Waals surface area (Å²) in [6.07, 6.45) is 3.17. The molecule has 0 radical (unpaired) electrons. The SMILES string of the molecule is CN(C)C(=O)c1cn(CC2CC(F)CN2S(=O)(=O)c2ccc3c(c2)CCC3)nn1. The molecule has 29 heavy (non-hydrogen) atoms. The summed E-state index contributed by atoms with van der Waals surface area (Å²) >= 11 is 0. The number of benzene rings is 1. The summed E-state index contributed by atoms with van der Waals surface area (Å²) in [5.74, 6) is -0.298. The van der Waals surface area contributed by atoms with Crippen molar-refractivity contribution >= 4 is 15.9 Å². The molecule has 1 aromatic heterocycles. The summed E-state index contributed by atoms with van der Waals surface area (Å²) in [6.45, 7) is -0.0411. The first-order chi connectivity index (χ1) is 13.8. The summed E-state index contributed by atoms with van der Waals surface area (Å²) in [7, 11) is -0.613. The lowest BCUT2D eigenvalue weighted by molar-refractivity contribution is 0.0822.